The van der Waals surface area contributed by atoms with Gasteiger partial charge < -0.3 is 5.32 Å². The van der Waals surface area contributed by atoms with Crippen LogP contribution in [0, 0.1) is 13.8 Å². The van der Waals surface area contributed by atoms with E-state index in [0.29, 0.717) is 24.0 Å². The number of nitrogens with one attached hydrogen (secondary N) is 1. The normalized spacial score (nSPS) is 23.7. The van der Waals surface area contributed by atoms with Crippen LogP contribution < -0.4 is 5.32 Å². The Labute approximate surface area is 145 Å². The van der Waals surface area contributed by atoms with E-state index in [9.17, 15) is 8.42 Å². The molecule has 2 heterocycles. The minimum atomic E-state index is -3.37. The molecule has 7 heteroatoms. The molecule has 0 spiro atoms. The van der Waals surface area contributed by atoms with Crippen LogP contribution in [0.1, 0.15) is 17.5 Å². The van der Waals surface area contributed by atoms with E-state index in [2.05, 4.69) is 10.2 Å². The molecule has 0 aromatic heterocycles. The molecule has 2 aliphatic rings. The summed E-state index contributed by atoms with van der Waals surface area (Å²) in [5.74, 6) is 0. The maximum atomic E-state index is 12.9. The fraction of sp³-hybridized carbons (Fsp3) is 0.625. The third kappa shape index (κ3) is 3.88. The summed E-state index contributed by atoms with van der Waals surface area (Å²) in [6.45, 7) is 8.75. The van der Waals surface area contributed by atoms with Crippen molar-refractivity contribution in [2.45, 2.75) is 31.2 Å². The van der Waals surface area contributed by atoms with E-state index in [1.807, 2.05) is 26.0 Å². The Balaban J connectivity index is 0.00000192. The van der Waals surface area contributed by atoms with Crippen molar-refractivity contribution in [3.8, 4) is 0 Å². The number of rotatable bonds is 3. The summed E-state index contributed by atoms with van der Waals surface area (Å²) in [5, 5.41) is 3.38. The summed E-state index contributed by atoms with van der Waals surface area (Å²) in [6.07, 6.45) is 1.17. The minimum absolute atomic E-state index is 0. The average molecular weight is 360 g/mol. The van der Waals surface area contributed by atoms with Gasteiger partial charge in [-0.25, -0.2) is 8.42 Å². The molecule has 0 bridgehead atoms. The van der Waals surface area contributed by atoms with Crippen LogP contribution in [-0.2, 0) is 10.0 Å². The highest BCUT2D eigenvalue weighted by molar-refractivity contribution is 7.89. The first-order valence-electron chi connectivity index (χ1n) is 8.00. The maximum Gasteiger partial charge on any atom is 0.243 e. The predicted molar refractivity (Wildman–Crippen MR) is 94.8 cm³/mol. The molecular weight excluding hydrogens is 334 g/mol. The van der Waals surface area contributed by atoms with Crippen molar-refractivity contribution >= 4 is 22.4 Å². The van der Waals surface area contributed by atoms with Gasteiger partial charge in [-0.15, -0.1) is 12.4 Å². The number of sulfonamides is 1. The summed E-state index contributed by atoms with van der Waals surface area (Å²) < 4.78 is 27.4. The van der Waals surface area contributed by atoms with E-state index in [4.69, 9.17) is 0 Å². The molecule has 0 amide bonds. The van der Waals surface area contributed by atoms with Gasteiger partial charge in [-0.1, -0.05) is 12.1 Å². The monoisotopic (exact) mass is 359 g/mol. The lowest BCUT2D eigenvalue weighted by molar-refractivity contribution is 0.145. The van der Waals surface area contributed by atoms with Crippen LogP contribution in [0.15, 0.2) is 23.1 Å². The Morgan fingerprint density at radius 1 is 1.13 bits per heavy atom. The van der Waals surface area contributed by atoms with E-state index in [1.165, 1.54) is 6.42 Å². The fourth-order valence-corrected chi connectivity index (χ4v) is 5.12. The number of hydrogen-bond donors (Lipinski definition) is 1. The van der Waals surface area contributed by atoms with Gasteiger partial charge in [0.15, 0.2) is 0 Å². The first kappa shape index (κ1) is 18.7. The van der Waals surface area contributed by atoms with Gasteiger partial charge in [-0.2, -0.15) is 4.31 Å². The third-order valence-electron chi connectivity index (χ3n) is 4.79. The summed E-state index contributed by atoms with van der Waals surface area (Å²) in [4.78, 5) is 2.89. The van der Waals surface area contributed by atoms with Gasteiger partial charge in [0.2, 0.25) is 10.0 Å². The van der Waals surface area contributed by atoms with Crippen molar-refractivity contribution in [3.05, 3.63) is 29.3 Å². The molecule has 23 heavy (non-hydrogen) atoms. The van der Waals surface area contributed by atoms with Crippen LogP contribution in [0.25, 0.3) is 0 Å². The van der Waals surface area contributed by atoms with Crippen LogP contribution in [0.2, 0.25) is 0 Å². The van der Waals surface area contributed by atoms with Gasteiger partial charge in [-0.3, -0.25) is 4.90 Å². The Bertz CT molecular complexity index is 637. The van der Waals surface area contributed by atoms with Gasteiger partial charge >= 0.3 is 0 Å². The lowest BCUT2D eigenvalue weighted by atomic mass is 10.2. The van der Waals surface area contributed by atoms with Crippen LogP contribution in [0.3, 0.4) is 0 Å². The molecule has 0 saturated carbocycles. The van der Waals surface area contributed by atoms with Gasteiger partial charge in [0.25, 0.3) is 0 Å². The molecule has 1 N–H and O–H groups in total. The minimum Gasteiger partial charge on any atom is -0.315 e. The number of nitrogens with zero attached hydrogens (tertiary/aromatic N) is 2. The quantitative estimate of drug-likeness (QED) is 0.886. The predicted octanol–water partition coefficient (Wildman–Crippen LogP) is 1.39. The number of halogens is 1. The van der Waals surface area contributed by atoms with Crippen molar-refractivity contribution in [3.63, 3.8) is 0 Å². The average Bonchev–Trinajstić information content (AvgIpc) is 3.04. The zero-order valence-corrected chi connectivity index (χ0v) is 15.4. The lowest BCUT2D eigenvalue weighted by Gasteiger charge is -2.37. The molecule has 1 atom stereocenters. The number of benzene rings is 1. The summed E-state index contributed by atoms with van der Waals surface area (Å²) in [6, 6.07) is 6.21. The summed E-state index contributed by atoms with van der Waals surface area (Å²) >= 11 is 0. The van der Waals surface area contributed by atoms with Crippen molar-refractivity contribution in [2.24, 2.45) is 0 Å². The molecule has 2 saturated heterocycles. The Morgan fingerprint density at radius 3 is 2.43 bits per heavy atom. The SMILES string of the molecule is Cc1ccc(C)c(S(=O)(=O)N2CCN(C3CCNC3)CC2)c1.Cl. The number of aryl methyl sites for hydroxylation is 2. The largest absolute Gasteiger partial charge is 0.315 e. The second-order valence-corrected chi connectivity index (χ2v) is 8.26. The number of piperazine rings is 1. The van der Waals surface area contributed by atoms with Gasteiger partial charge in [0.05, 0.1) is 4.90 Å². The zero-order chi connectivity index (χ0) is 15.7. The molecule has 3 rings (SSSR count). The standard InChI is InChI=1S/C16H25N3O2S.ClH/c1-13-3-4-14(2)16(11-13)22(20,21)19-9-7-18(8-10-19)15-5-6-17-12-15;/h3-4,11,15,17H,5-10,12H2,1-2H3;1H. The molecule has 2 fully saturated rings. The Morgan fingerprint density at radius 2 is 1.83 bits per heavy atom. The zero-order valence-electron chi connectivity index (χ0n) is 13.8. The highest BCUT2D eigenvalue weighted by atomic mass is 35.5. The van der Waals surface area contributed by atoms with Gasteiger partial charge in [0, 0.05) is 38.8 Å². The molecular formula is C16H26ClN3O2S. The van der Waals surface area contributed by atoms with E-state index in [1.54, 1.807) is 10.4 Å². The Kier molecular flexibility index (Phi) is 6.08. The fourth-order valence-electron chi connectivity index (χ4n) is 3.38. The second kappa shape index (κ2) is 7.49. The van der Waals surface area contributed by atoms with E-state index in [-0.39, 0.29) is 12.4 Å². The molecule has 5 nitrogen and oxygen atoms in total. The van der Waals surface area contributed by atoms with E-state index < -0.39 is 10.0 Å². The van der Waals surface area contributed by atoms with Crippen molar-refractivity contribution < 1.29 is 8.42 Å². The van der Waals surface area contributed by atoms with Crippen molar-refractivity contribution in [1.29, 1.82) is 0 Å². The maximum absolute atomic E-state index is 12.9. The van der Waals surface area contributed by atoms with Crippen LogP contribution in [-0.4, -0.2) is 62.9 Å². The summed E-state index contributed by atoms with van der Waals surface area (Å²) in [5.41, 5.74) is 1.81. The molecule has 0 radical (unpaired) electrons. The second-order valence-electron chi connectivity index (χ2n) is 6.36. The van der Waals surface area contributed by atoms with Gasteiger partial charge in [-0.05, 0) is 44.0 Å². The van der Waals surface area contributed by atoms with Crippen LogP contribution >= 0.6 is 12.4 Å². The Hall–Kier alpha value is -0.660. The van der Waals surface area contributed by atoms with Crippen molar-refractivity contribution in [1.82, 2.24) is 14.5 Å². The molecule has 130 valence electrons. The lowest BCUT2D eigenvalue weighted by Crippen LogP contribution is -2.52. The molecule has 0 aliphatic carbocycles. The molecule has 1 aromatic carbocycles. The highest BCUT2D eigenvalue weighted by Crippen LogP contribution is 2.23. The summed E-state index contributed by atoms with van der Waals surface area (Å²) in [7, 11) is -3.37. The molecule has 1 aromatic rings. The highest BCUT2D eigenvalue weighted by Gasteiger charge is 2.32. The van der Waals surface area contributed by atoms with Crippen LogP contribution in [0.5, 0.6) is 0 Å². The molecule has 1 unspecified atom stereocenters. The topological polar surface area (TPSA) is 52.7 Å². The first-order valence-corrected chi connectivity index (χ1v) is 9.44. The third-order valence-corrected chi connectivity index (χ3v) is 6.83. The molecule has 2 aliphatic heterocycles. The van der Waals surface area contributed by atoms with Crippen molar-refractivity contribution in [2.75, 3.05) is 39.3 Å². The van der Waals surface area contributed by atoms with Gasteiger partial charge in [0.1, 0.15) is 0 Å². The number of hydrogen-bond acceptors (Lipinski definition) is 4. The van der Waals surface area contributed by atoms with E-state index in [0.717, 1.165) is 37.3 Å². The first-order chi connectivity index (χ1) is 10.5. The van der Waals surface area contributed by atoms with Crippen LogP contribution in [0.4, 0.5) is 0 Å². The smallest absolute Gasteiger partial charge is 0.243 e. The van der Waals surface area contributed by atoms with E-state index >= 15 is 0 Å².